The van der Waals surface area contributed by atoms with E-state index in [0.717, 1.165) is 0 Å². The van der Waals surface area contributed by atoms with E-state index in [1.54, 1.807) is 0 Å². The van der Waals surface area contributed by atoms with Crippen LogP contribution >= 0.6 is 7.60 Å². The van der Waals surface area contributed by atoms with Gasteiger partial charge in [0, 0.05) is 0 Å². The van der Waals surface area contributed by atoms with Crippen molar-refractivity contribution in [2.24, 2.45) is 0 Å². The third-order valence-electron chi connectivity index (χ3n) is 3.95. The summed E-state index contributed by atoms with van der Waals surface area (Å²) in [5.74, 6) is 0.184. The summed E-state index contributed by atoms with van der Waals surface area (Å²) < 4.78 is 29.2. The highest BCUT2D eigenvalue weighted by Gasteiger charge is 2.57. The summed E-state index contributed by atoms with van der Waals surface area (Å²) in [7, 11) is -4.62. The van der Waals surface area contributed by atoms with Gasteiger partial charge < -0.3 is 34.8 Å². The summed E-state index contributed by atoms with van der Waals surface area (Å²) in [5, 5.41) is 9.45. The standard InChI is InChI=1S/C11H14N5O7P/c12-8-5-9(14-2-13-8)16(3-15-5)10-7-6(4(1-17)21-10)22-11(23-7)24(18,19)20/h2-4,6-7,10-11,17H,1H2,(H2,12,13,14)(H2,18,19,20)/t4-,6-,7-,10-,11?/m1/s1. The number of aliphatic hydroxyl groups excluding tert-OH is 1. The molecule has 2 aliphatic heterocycles. The molecule has 4 heterocycles. The Morgan fingerprint density at radius 2 is 1.96 bits per heavy atom. The molecule has 2 aliphatic rings. The quantitative estimate of drug-likeness (QED) is 0.471. The number of nitrogen functional groups attached to an aromatic ring is 1. The van der Waals surface area contributed by atoms with Crippen LogP contribution in [0.15, 0.2) is 12.7 Å². The second-order valence-corrected chi connectivity index (χ2v) is 7.03. The third kappa shape index (κ3) is 2.31. The zero-order valence-electron chi connectivity index (χ0n) is 12.0. The van der Waals surface area contributed by atoms with E-state index >= 15 is 0 Å². The fourth-order valence-corrected chi connectivity index (χ4v) is 3.50. The lowest BCUT2D eigenvalue weighted by Crippen LogP contribution is -2.30. The molecule has 12 nitrogen and oxygen atoms in total. The Morgan fingerprint density at radius 3 is 2.67 bits per heavy atom. The SMILES string of the molecule is Nc1ncnc2c1ncn2[C@@H]1O[C@H](CO)[C@H]2OC(P(=O)(O)O)O[C@H]21. The van der Waals surface area contributed by atoms with Crippen LogP contribution < -0.4 is 5.73 Å². The number of aromatic nitrogens is 4. The van der Waals surface area contributed by atoms with Crippen LogP contribution in [-0.2, 0) is 18.8 Å². The van der Waals surface area contributed by atoms with Crippen LogP contribution in [0.3, 0.4) is 0 Å². The molecule has 5 N–H and O–H groups in total. The Bertz CT molecular complexity index is 824. The molecule has 130 valence electrons. The van der Waals surface area contributed by atoms with E-state index in [-0.39, 0.29) is 5.82 Å². The maximum Gasteiger partial charge on any atom is 0.381 e. The zero-order valence-corrected chi connectivity index (χ0v) is 12.9. The largest absolute Gasteiger partial charge is 0.394 e. The fraction of sp³-hybridized carbons (Fsp3) is 0.545. The first-order valence-electron chi connectivity index (χ1n) is 6.95. The van der Waals surface area contributed by atoms with Gasteiger partial charge in [0.15, 0.2) is 17.7 Å². The Balaban J connectivity index is 1.73. The number of nitrogens with two attached hydrogens (primary N) is 1. The predicted octanol–water partition coefficient (Wildman–Crippen LogP) is -1.46. The average molecular weight is 359 g/mol. The molecule has 2 saturated heterocycles. The number of anilines is 1. The van der Waals surface area contributed by atoms with Crippen molar-refractivity contribution >= 4 is 24.6 Å². The highest BCUT2D eigenvalue weighted by Crippen LogP contribution is 2.51. The fourth-order valence-electron chi connectivity index (χ4n) is 2.90. The van der Waals surface area contributed by atoms with Crippen molar-refractivity contribution in [1.82, 2.24) is 19.5 Å². The molecule has 2 fully saturated rings. The summed E-state index contributed by atoms with van der Waals surface area (Å²) in [6.45, 7) is -0.404. The summed E-state index contributed by atoms with van der Waals surface area (Å²) in [6.07, 6.45) is -0.680. The van der Waals surface area contributed by atoms with Gasteiger partial charge in [-0.15, -0.1) is 0 Å². The van der Waals surface area contributed by atoms with E-state index < -0.39 is 44.8 Å². The number of rotatable bonds is 3. The number of imidazole rings is 1. The molecule has 0 spiro atoms. The number of ether oxygens (including phenoxy) is 3. The molecule has 24 heavy (non-hydrogen) atoms. The first-order valence-corrected chi connectivity index (χ1v) is 8.64. The van der Waals surface area contributed by atoms with Crippen LogP contribution in [0.4, 0.5) is 5.82 Å². The van der Waals surface area contributed by atoms with Crippen molar-refractivity contribution < 1.29 is 33.7 Å². The van der Waals surface area contributed by atoms with Crippen LogP contribution in [0, 0.1) is 0 Å². The van der Waals surface area contributed by atoms with Crippen LogP contribution in [-0.4, -0.2) is 65.4 Å². The minimum absolute atomic E-state index is 0.184. The van der Waals surface area contributed by atoms with Crippen molar-refractivity contribution in [1.29, 1.82) is 0 Å². The molecule has 5 atom stereocenters. The molecule has 0 bridgehead atoms. The van der Waals surface area contributed by atoms with Crippen molar-refractivity contribution in [2.45, 2.75) is 30.6 Å². The number of nitrogens with zero attached hydrogens (tertiary/aromatic N) is 4. The molecule has 1 unspecified atom stereocenters. The van der Waals surface area contributed by atoms with Crippen LogP contribution in [0.2, 0.25) is 0 Å². The lowest BCUT2D eigenvalue weighted by atomic mass is 10.1. The summed E-state index contributed by atoms with van der Waals surface area (Å²) in [5.41, 5.74) is 6.47. The van der Waals surface area contributed by atoms with Crippen molar-refractivity contribution in [3.8, 4) is 0 Å². The van der Waals surface area contributed by atoms with E-state index in [9.17, 15) is 19.5 Å². The lowest BCUT2D eigenvalue weighted by molar-refractivity contribution is -0.128. The first-order chi connectivity index (χ1) is 11.4. The maximum absolute atomic E-state index is 11.4. The van der Waals surface area contributed by atoms with E-state index in [1.807, 2.05) is 0 Å². The molecule has 0 saturated carbocycles. The van der Waals surface area contributed by atoms with Crippen molar-refractivity contribution in [3.05, 3.63) is 12.7 Å². The second-order valence-electron chi connectivity index (χ2n) is 5.43. The van der Waals surface area contributed by atoms with Gasteiger partial charge >= 0.3 is 7.60 Å². The second kappa shape index (κ2) is 5.43. The predicted molar refractivity (Wildman–Crippen MR) is 76.3 cm³/mol. The minimum Gasteiger partial charge on any atom is -0.394 e. The average Bonchev–Trinajstić information content (AvgIpc) is 3.18. The maximum atomic E-state index is 11.4. The molecule has 0 radical (unpaired) electrons. The molecule has 0 aliphatic carbocycles. The molecular weight excluding hydrogens is 345 g/mol. The van der Waals surface area contributed by atoms with Gasteiger partial charge in [0.1, 0.15) is 30.2 Å². The van der Waals surface area contributed by atoms with Gasteiger partial charge in [0.2, 0.25) is 0 Å². The Labute approximate surface area is 134 Å². The zero-order chi connectivity index (χ0) is 17.1. The highest BCUT2D eigenvalue weighted by molar-refractivity contribution is 7.52. The Hall–Kier alpha value is -1.66. The molecule has 4 rings (SSSR count). The molecule has 13 heteroatoms. The summed E-state index contributed by atoms with van der Waals surface area (Å²) in [4.78, 5) is 30.6. The third-order valence-corrected chi connectivity index (χ3v) is 4.74. The highest BCUT2D eigenvalue weighted by atomic mass is 31.2. The van der Waals surface area contributed by atoms with Crippen molar-refractivity contribution in [3.63, 3.8) is 0 Å². The number of fused-ring (bicyclic) bond motifs is 2. The van der Waals surface area contributed by atoms with Gasteiger partial charge in [0.25, 0.3) is 6.03 Å². The monoisotopic (exact) mass is 359 g/mol. The summed E-state index contributed by atoms with van der Waals surface area (Å²) >= 11 is 0. The van der Waals surface area contributed by atoms with Gasteiger partial charge in [-0.05, 0) is 0 Å². The van der Waals surface area contributed by atoms with Gasteiger partial charge in [-0.1, -0.05) is 0 Å². The van der Waals surface area contributed by atoms with E-state index in [4.69, 9.17) is 19.9 Å². The van der Waals surface area contributed by atoms with Crippen LogP contribution in [0.1, 0.15) is 6.23 Å². The van der Waals surface area contributed by atoms with E-state index in [2.05, 4.69) is 15.0 Å². The minimum atomic E-state index is -4.62. The molecule has 0 amide bonds. The molecule has 0 aromatic carbocycles. The van der Waals surface area contributed by atoms with E-state index in [0.29, 0.717) is 11.2 Å². The van der Waals surface area contributed by atoms with Crippen LogP contribution in [0.5, 0.6) is 0 Å². The van der Waals surface area contributed by atoms with Crippen LogP contribution in [0.25, 0.3) is 11.2 Å². The first kappa shape index (κ1) is 15.8. The topological polar surface area (TPSA) is 175 Å². The normalized spacial score (nSPS) is 33.2. The van der Waals surface area contributed by atoms with Gasteiger partial charge in [-0.25, -0.2) is 15.0 Å². The smallest absolute Gasteiger partial charge is 0.381 e. The lowest BCUT2D eigenvalue weighted by Gasteiger charge is -2.20. The van der Waals surface area contributed by atoms with E-state index in [1.165, 1.54) is 17.2 Å². The summed E-state index contributed by atoms with van der Waals surface area (Å²) in [6, 6.07) is -1.71. The van der Waals surface area contributed by atoms with Gasteiger partial charge in [-0.2, -0.15) is 0 Å². The Kier molecular flexibility index (Phi) is 3.58. The molecule has 2 aromatic heterocycles. The van der Waals surface area contributed by atoms with Gasteiger partial charge in [0.05, 0.1) is 12.9 Å². The molecular formula is C11H14N5O7P. The van der Waals surface area contributed by atoms with Crippen molar-refractivity contribution in [2.75, 3.05) is 12.3 Å². The number of hydrogen-bond acceptors (Lipinski definition) is 9. The molecule has 2 aromatic rings. The number of aliphatic hydroxyl groups is 1. The van der Waals surface area contributed by atoms with Gasteiger partial charge in [-0.3, -0.25) is 9.13 Å². The number of hydrogen-bond donors (Lipinski definition) is 4. The Morgan fingerprint density at radius 1 is 1.21 bits per heavy atom.